The summed E-state index contributed by atoms with van der Waals surface area (Å²) in [7, 11) is -1.87. The number of carbonyl (C=O) groups excluding carboxylic acids is 1. The summed E-state index contributed by atoms with van der Waals surface area (Å²) in [5, 5.41) is 3.62. The van der Waals surface area contributed by atoms with E-state index in [9.17, 15) is 4.79 Å². The van der Waals surface area contributed by atoms with E-state index in [4.69, 9.17) is 16.0 Å². The Hall–Kier alpha value is -1.78. The minimum absolute atomic E-state index is 0.141. The maximum absolute atomic E-state index is 12.2. The van der Waals surface area contributed by atoms with E-state index in [0.717, 1.165) is 11.3 Å². The van der Waals surface area contributed by atoms with Gasteiger partial charge < -0.3 is 9.74 Å². The Bertz CT molecular complexity index is 753. The van der Waals surface area contributed by atoms with E-state index >= 15 is 0 Å². The molecule has 0 spiro atoms. The summed E-state index contributed by atoms with van der Waals surface area (Å²) in [6.45, 7) is 11.5. The van der Waals surface area contributed by atoms with E-state index in [2.05, 4.69) is 39.2 Å². The van der Waals surface area contributed by atoms with Crippen molar-refractivity contribution >= 4 is 25.8 Å². The Labute approximate surface area is 156 Å². The zero-order valence-corrected chi connectivity index (χ0v) is 17.3. The quantitative estimate of drug-likeness (QED) is 0.685. The Morgan fingerprint density at radius 2 is 1.80 bits per heavy atom. The fraction of sp³-hybridized carbons (Fsp3) is 0.350. The van der Waals surface area contributed by atoms with Gasteiger partial charge in [0.15, 0.2) is 0 Å². The molecule has 0 atom stereocenters. The van der Waals surface area contributed by atoms with Crippen LogP contribution in [0.25, 0.3) is 0 Å². The van der Waals surface area contributed by atoms with Crippen LogP contribution in [0, 0.1) is 0 Å². The summed E-state index contributed by atoms with van der Waals surface area (Å²) >= 11 is 5.93. The number of nitrogens with one attached hydrogen (secondary N) is 1. The van der Waals surface area contributed by atoms with Gasteiger partial charge in [0.25, 0.3) is 5.91 Å². The van der Waals surface area contributed by atoms with Crippen LogP contribution < -0.4 is 9.74 Å². The first-order chi connectivity index (χ1) is 11.6. The van der Waals surface area contributed by atoms with Crippen LogP contribution in [-0.2, 0) is 6.54 Å². The molecule has 0 fully saturated rings. The lowest BCUT2D eigenvalue weighted by atomic mass is 10.2. The van der Waals surface area contributed by atoms with Gasteiger partial charge in [0, 0.05) is 17.1 Å². The van der Waals surface area contributed by atoms with Gasteiger partial charge in [-0.15, -0.1) is 0 Å². The smallest absolute Gasteiger partial charge is 0.251 e. The van der Waals surface area contributed by atoms with E-state index in [1.807, 2.05) is 24.3 Å². The summed E-state index contributed by atoms with van der Waals surface area (Å²) in [6, 6.07) is 14.8. The molecule has 0 saturated heterocycles. The van der Waals surface area contributed by atoms with Crippen molar-refractivity contribution in [1.29, 1.82) is 0 Å². The number of benzene rings is 2. The van der Waals surface area contributed by atoms with Crippen LogP contribution in [0.1, 0.15) is 36.7 Å². The van der Waals surface area contributed by atoms with Crippen molar-refractivity contribution in [3.05, 3.63) is 64.7 Å². The van der Waals surface area contributed by atoms with E-state index in [-0.39, 0.29) is 10.9 Å². The highest BCUT2D eigenvalue weighted by Gasteiger charge is 2.38. The number of rotatable bonds is 5. The minimum atomic E-state index is -1.87. The van der Waals surface area contributed by atoms with Crippen molar-refractivity contribution in [3.8, 4) is 5.75 Å². The van der Waals surface area contributed by atoms with Crippen LogP contribution in [0.15, 0.2) is 48.5 Å². The van der Waals surface area contributed by atoms with Gasteiger partial charge in [-0.2, -0.15) is 0 Å². The normalized spacial score (nSPS) is 11.9. The molecule has 2 aromatic carbocycles. The Morgan fingerprint density at radius 1 is 1.12 bits per heavy atom. The van der Waals surface area contributed by atoms with Gasteiger partial charge in [-0.25, -0.2) is 0 Å². The molecule has 2 aromatic rings. The SMILES string of the molecule is CC(C)(C)[Si](C)(C)Oc1cccc(CNC(=O)c2cccc(Cl)c2)c1. The zero-order chi connectivity index (χ0) is 18.7. The lowest BCUT2D eigenvalue weighted by molar-refractivity contribution is 0.0951. The highest BCUT2D eigenvalue weighted by molar-refractivity contribution is 6.74. The van der Waals surface area contributed by atoms with Gasteiger partial charge in [0.05, 0.1) is 0 Å². The molecular formula is C20H26ClNO2Si. The van der Waals surface area contributed by atoms with Crippen LogP contribution in [0.2, 0.25) is 23.2 Å². The molecule has 0 aromatic heterocycles. The fourth-order valence-corrected chi connectivity index (χ4v) is 3.29. The first-order valence-corrected chi connectivity index (χ1v) is 11.7. The number of hydrogen-bond acceptors (Lipinski definition) is 2. The van der Waals surface area contributed by atoms with Gasteiger partial charge >= 0.3 is 0 Å². The second kappa shape index (κ2) is 7.62. The molecule has 5 heteroatoms. The molecule has 0 unspecified atom stereocenters. The van der Waals surface area contributed by atoms with Gasteiger partial charge in [0.2, 0.25) is 8.32 Å². The van der Waals surface area contributed by atoms with Crippen molar-refractivity contribution in [3.63, 3.8) is 0 Å². The van der Waals surface area contributed by atoms with Gasteiger partial charge in [-0.3, -0.25) is 4.79 Å². The molecule has 0 saturated carbocycles. The summed E-state index contributed by atoms with van der Waals surface area (Å²) in [5.74, 6) is 0.722. The molecule has 0 radical (unpaired) electrons. The molecule has 0 aliphatic carbocycles. The molecule has 2 rings (SSSR count). The highest BCUT2D eigenvalue weighted by atomic mass is 35.5. The second-order valence-electron chi connectivity index (χ2n) is 7.70. The molecule has 0 aliphatic rings. The van der Waals surface area contributed by atoms with Crippen LogP contribution in [0.4, 0.5) is 0 Å². The minimum Gasteiger partial charge on any atom is -0.543 e. The summed E-state index contributed by atoms with van der Waals surface area (Å²) in [5.41, 5.74) is 1.56. The highest BCUT2D eigenvalue weighted by Crippen LogP contribution is 2.37. The number of hydrogen-bond donors (Lipinski definition) is 1. The topological polar surface area (TPSA) is 38.3 Å². The first kappa shape index (κ1) is 19.5. The Balaban J connectivity index is 2.03. The van der Waals surface area contributed by atoms with Crippen LogP contribution >= 0.6 is 11.6 Å². The van der Waals surface area contributed by atoms with Crippen molar-refractivity contribution < 1.29 is 9.22 Å². The molecule has 3 nitrogen and oxygen atoms in total. The molecular weight excluding hydrogens is 350 g/mol. The largest absolute Gasteiger partial charge is 0.543 e. The van der Waals surface area contributed by atoms with Crippen molar-refractivity contribution in [2.75, 3.05) is 0 Å². The second-order valence-corrected chi connectivity index (χ2v) is 12.9. The number of carbonyl (C=O) groups is 1. The average molecular weight is 376 g/mol. The lowest BCUT2D eigenvalue weighted by Gasteiger charge is -2.36. The molecule has 0 heterocycles. The molecule has 0 bridgehead atoms. The maximum atomic E-state index is 12.2. The number of amides is 1. The van der Waals surface area contributed by atoms with Crippen LogP contribution in [0.3, 0.4) is 0 Å². The summed E-state index contributed by atoms with van der Waals surface area (Å²) in [4.78, 5) is 12.2. The van der Waals surface area contributed by atoms with E-state index in [1.165, 1.54) is 0 Å². The monoisotopic (exact) mass is 375 g/mol. The standard InChI is InChI=1S/C20H26ClNO2Si/c1-20(2,3)25(4,5)24-18-11-6-8-15(12-18)14-22-19(23)16-9-7-10-17(21)13-16/h6-13H,14H2,1-5H3,(H,22,23). The molecule has 0 aliphatic heterocycles. The number of halogens is 1. The molecule has 1 N–H and O–H groups in total. The van der Waals surface area contributed by atoms with Crippen molar-refractivity contribution in [1.82, 2.24) is 5.32 Å². The van der Waals surface area contributed by atoms with Gasteiger partial charge in [-0.05, 0) is 54.0 Å². The van der Waals surface area contributed by atoms with E-state index in [1.54, 1.807) is 24.3 Å². The third-order valence-corrected chi connectivity index (χ3v) is 9.21. The van der Waals surface area contributed by atoms with E-state index in [0.29, 0.717) is 17.1 Å². The predicted octanol–water partition coefficient (Wildman–Crippen LogP) is 5.65. The Kier molecular flexibility index (Phi) is 5.96. The summed E-state index contributed by atoms with van der Waals surface area (Å²) < 4.78 is 6.32. The van der Waals surface area contributed by atoms with Crippen LogP contribution in [0.5, 0.6) is 5.75 Å². The Morgan fingerprint density at radius 3 is 2.44 bits per heavy atom. The third kappa shape index (κ3) is 5.35. The van der Waals surface area contributed by atoms with Gasteiger partial charge in [-0.1, -0.05) is 50.6 Å². The molecule has 1 amide bonds. The molecule has 134 valence electrons. The van der Waals surface area contributed by atoms with Gasteiger partial charge in [0.1, 0.15) is 5.75 Å². The average Bonchev–Trinajstić information content (AvgIpc) is 2.51. The fourth-order valence-electron chi connectivity index (χ4n) is 2.08. The third-order valence-electron chi connectivity index (χ3n) is 4.62. The van der Waals surface area contributed by atoms with Crippen molar-refractivity contribution in [2.45, 2.75) is 45.4 Å². The van der Waals surface area contributed by atoms with E-state index < -0.39 is 8.32 Å². The van der Waals surface area contributed by atoms with Crippen LogP contribution in [-0.4, -0.2) is 14.2 Å². The molecule has 25 heavy (non-hydrogen) atoms. The first-order valence-electron chi connectivity index (χ1n) is 8.40. The maximum Gasteiger partial charge on any atom is 0.251 e. The van der Waals surface area contributed by atoms with Crippen molar-refractivity contribution in [2.24, 2.45) is 0 Å². The predicted molar refractivity (Wildman–Crippen MR) is 107 cm³/mol. The lowest BCUT2D eigenvalue weighted by Crippen LogP contribution is -2.43. The summed E-state index contributed by atoms with van der Waals surface area (Å²) in [6.07, 6.45) is 0. The zero-order valence-electron chi connectivity index (χ0n) is 15.5.